The van der Waals surface area contributed by atoms with Crippen LogP contribution in [-0.4, -0.2) is 48.1 Å². The van der Waals surface area contributed by atoms with Crippen molar-refractivity contribution >= 4 is 5.71 Å². The molecule has 154 valence electrons. The van der Waals surface area contributed by atoms with Crippen LogP contribution in [0, 0.1) is 0 Å². The highest BCUT2D eigenvalue weighted by atomic mass is 16.6. The monoisotopic (exact) mass is 394 g/mol. The summed E-state index contributed by atoms with van der Waals surface area (Å²) < 4.78 is 5.35. The van der Waals surface area contributed by atoms with Crippen LogP contribution in [0.5, 0.6) is 5.75 Å². The summed E-state index contributed by atoms with van der Waals surface area (Å²) in [6, 6.07) is 18.2. The number of rotatable bonds is 11. The molecule has 2 atom stereocenters. The van der Waals surface area contributed by atoms with Crippen LogP contribution in [0.25, 0.3) is 0 Å². The second-order valence-corrected chi connectivity index (χ2v) is 7.40. The average Bonchev–Trinajstić information content (AvgIpc) is 3.21. The molecule has 0 fully saturated rings. The molecule has 0 spiro atoms. The van der Waals surface area contributed by atoms with Crippen LogP contribution in [0.2, 0.25) is 0 Å². The van der Waals surface area contributed by atoms with Gasteiger partial charge in [-0.1, -0.05) is 53.7 Å². The van der Waals surface area contributed by atoms with E-state index in [-0.39, 0.29) is 6.10 Å². The van der Waals surface area contributed by atoms with Crippen LogP contribution < -0.4 is 4.74 Å². The SMILES string of the molecule is C=CCC[C@@H](O)CN(Cc1cccc(OC)c1)C[C@@H]1CC(c2ccccc2)=NO1. The molecule has 3 rings (SSSR count). The van der Waals surface area contributed by atoms with E-state index in [0.29, 0.717) is 26.1 Å². The molecule has 29 heavy (non-hydrogen) atoms. The van der Waals surface area contributed by atoms with Gasteiger partial charge in [-0.25, -0.2) is 0 Å². The van der Waals surface area contributed by atoms with Crippen LogP contribution in [0.1, 0.15) is 30.4 Å². The zero-order chi connectivity index (χ0) is 20.5. The van der Waals surface area contributed by atoms with Gasteiger partial charge in [-0.05, 0) is 36.1 Å². The van der Waals surface area contributed by atoms with Crippen molar-refractivity contribution in [3.8, 4) is 5.75 Å². The van der Waals surface area contributed by atoms with Crippen LogP contribution in [-0.2, 0) is 11.4 Å². The Hall–Kier alpha value is -2.63. The Morgan fingerprint density at radius 3 is 2.86 bits per heavy atom. The second kappa shape index (κ2) is 10.8. The molecule has 0 saturated heterocycles. The Balaban J connectivity index is 1.64. The quantitative estimate of drug-likeness (QED) is 0.585. The number of allylic oxidation sites excluding steroid dienone is 1. The topological polar surface area (TPSA) is 54.3 Å². The summed E-state index contributed by atoms with van der Waals surface area (Å²) in [5.74, 6) is 0.835. The Morgan fingerprint density at radius 2 is 2.10 bits per heavy atom. The molecule has 0 unspecified atom stereocenters. The summed E-state index contributed by atoms with van der Waals surface area (Å²) in [4.78, 5) is 7.95. The lowest BCUT2D eigenvalue weighted by molar-refractivity contribution is 0.0308. The van der Waals surface area contributed by atoms with Gasteiger partial charge in [0, 0.05) is 26.1 Å². The van der Waals surface area contributed by atoms with Crippen molar-refractivity contribution in [3.05, 3.63) is 78.4 Å². The summed E-state index contributed by atoms with van der Waals surface area (Å²) in [5, 5.41) is 14.7. The van der Waals surface area contributed by atoms with E-state index in [1.54, 1.807) is 7.11 Å². The van der Waals surface area contributed by atoms with E-state index in [1.165, 1.54) is 0 Å². The van der Waals surface area contributed by atoms with Gasteiger partial charge in [0.05, 0.1) is 18.9 Å². The van der Waals surface area contributed by atoms with E-state index in [0.717, 1.165) is 35.4 Å². The molecule has 0 aromatic heterocycles. The van der Waals surface area contributed by atoms with Crippen molar-refractivity contribution in [3.63, 3.8) is 0 Å². The van der Waals surface area contributed by atoms with Crippen molar-refractivity contribution in [1.82, 2.24) is 4.90 Å². The molecule has 5 nitrogen and oxygen atoms in total. The molecule has 1 aliphatic rings. The maximum atomic E-state index is 10.4. The maximum Gasteiger partial charge on any atom is 0.145 e. The number of ether oxygens (including phenoxy) is 1. The van der Waals surface area contributed by atoms with Crippen LogP contribution in [0.15, 0.2) is 72.4 Å². The molecular formula is C24H30N2O3. The predicted octanol–water partition coefficient (Wildman–Crippen LogP) is 4.02. The number of oxime groups is 1. The van der Waals surface area contributed by atoms with Crippen molar-refractivity contribution in [2.45, 2.75) is 38.0 Å². The Kier molecular flexibility index (Phi) is 7.85. The fourth-order valence-electron chi connectivity index (χ4n) is 3.55. The number of benzene rings is 2. The van der Waals surface area contributed by atoms with Gasteiger partial charge in [0.15, 0.2) is 0 Å². The van der Waals surface area contributed by atoms with E-state index >= 15 is 0 Å². The lowest BCUT2D eigenvalue weighted by Gasteiger charge is -2.27. The van der Waals surface area contributed by atoms with Gasteiger partial charge in [-0.2, -0.15) is 0 Å². The first-order valence-corrected chi connectivity index (χ1v) is 10.1. The summed E-state index contributed by atoms with van der Waals surface area (Å²) >= 11 is 0. The first-order chi connectivity index (χ1) is 14.2. The minimum atomic E-state index is -0.408. The summed E-state index contributed by atoms with van der Waals surface area (Å²) in [5.41, 5.74) is 3.21. The van der Waals surface area contributed by atoms with E-state index in [1.807, 2.05) is 42.5 Å². The van der Waals surface area contributed by atoms with Crippen LogP contribution >= 0.6 is 0 Å². The molecule has 0 radical (unpaired) electrons. The summed E-state index contributed by atoms with van der Waals surface area (Å²) in [6.07, 6.45) is 3.68. The van der Waals surface area contributed by atoms with Crippen molar-refractivity contribution in [2.75, 3.05) is 20.2 Å². The number of aliphatic hydroxyl groups excluding tert-OH is 1. The normalized spacial score (nSPS) is 16.9. The third-order valence-corrected chi connectivity index (χ3v) is 5.02. The minimum Gasteiger partial charge on any atom is -0.497 e. The second-order valence-electron chi connectivity index (χ2n) is 7.40. The van der Waals surface area contributed by atoms with Crippen LogP contribution in [0.3, 0.4) is 0 Å². The first kappa shape index (κ1) is 21.1. The largest absolute Gasteiger partial charge is 0.497 e. The maximum absolute atomic E-state index is 10.4. The Morgan fingerprint density at radius 1 is 1.28 bits per heavy atom. The molecule has 1 heterocycles. The van der Waals surface area contributed by atoms with E-state index in [4.69, 9.17) is 9.57 Å². The van der Waals surface area contributed by atoms with E-state index in [2.05, 4.69) is 34.8 Å². The van der Waals surface area contributed by atoms with Gasteiger partial charge in [0.1, 0.15) is 11.9 Å². The van der Waals surface area contributed by atoms with Gasteiger partial charge in [-0.3, -0.25) is 4.90 Å². The summed E-state index contributed by atoms with van der Waals surface area (Å²) in [7, 11) is 1.67. The van der Waals surface area contributed by atoms with Gasteiger partial charge >= 0.3 is 0 Å². The van der Waals surface area contributed by atoms with Crippen molar-refractivity contribution in [2.24, 2.45) is 5.16 Å². The molecule has 0 amide bonds. The zero-order valence-corrected chi connectivity index (χ0v) is 17.0. The number of hydrogen-bond donors (Lipinski definition) is 1. The summed E-state index contributed by atoms with van der Waals surface area (Å²) in [6.45, 7) is 5.73. The molecule has 0 saturated carbocycles. The third kappa shape index (κ3) is 6.44. The number of nitrogens with zero attached hydrogens (tertiary/aromatic N) is 2. The average molecular weight is 395 g/mol. The Bertz CT molecular complexity index is 807. The molecule has 1 N–H and O–H groups in total. The number of hydrogen-bond acceptors (Lipinski definition) is 5. The van der Waals surface area contributed by atoms with E-state index in [9.17, 15) is 5.11 Å². The molecular weight excluding hydrogens is 364 g/mol. The van der Waals surface area contributed by atoms with E-state index < -0.39 is 6.10 Å². The number of methoxy groups -OCH3 is 1. The lowest BCUT2D eigenvalue weighted by atomic mass is 10.0. The highest BCUT2D eigenvalue weighted by Crippen LogP contribution is 2.20. The fourth-order valence-corrected chi connectivity index (χ4v) is 3.55. The van der Waals surface area contributed by atoms with Gasteiger partial charge in [-0.15, -0.1) is 6.58 Å². The lowest BCUT2D eigenvalue weighted by Crippen LogP contribution is -2.37. The molecule has 2 aromatic rings. The highest BCUT2D eigenvalue weighted by Gasteiger charge is 2.25. The van der Waals surface area contributed by atoms with Gasteiger partial charge in [0.25, 0.3) is 0 Å². The minimum absolute atomic E-state index is 0.0255. The fraction of sp³-hybridized carbons (Fsp3) is 0.375. The van der Waals surface area contributed by atoms with Gasteiger partial charge < -0.3 is 14.7 Å². The predicted molar refractivity (Wildman–Crippen MR) is 116 cm³/mol. The molecule has 0 bridgehead atoms. The van der Waals surface area contributed by atoms with Gasteiger partial charge in [0.2, 0.25) is 0 Å². The molecule has 2 aromatic carbocycles. The first-order valence-electron chi connectivity index (χ1n) is 10.1. The van der Waals surface area contributed by atoms with Crippen molar-refractivity contribution in [1.29, 1.82) is 0 Å². The smallest absolute Gasteiger partial charge is 0.145 e. The molecule has 1 aliphatic heterocycles. The standard InChI is InChI=1S/C24H30N2O3/c1-3-4-12-21(27)17-26(16-19-9-8-13-22(14-19)28-2)18-23-15-24(25-29-23)20-10-6-5-7-11-20/h3,5-11,13-14,21,23,27H,1,4,12,15-18H2,2H3/t21-,23+/m1/s1. The highest BCUT2D eigenvalue weighted by molar-refractivity contribution is 6.01. The zero-order valence-electron chi connectivity index (χ0n) is 17.0. The third-order valence-electron chi connectivity index (χ3n) is 5.02. The molecule has 0 aliphatic carbocycles. The Labute approximate surface area is 173 Å². The number of aliphatic hydroxyl groups is 1. The van der Waals surface area contributed by atoms with Crippen molar-refractivity contribution < 1.29 is 14.7 Å². The molecule has 5 heteroatoms. The van der Waals surface area contributed by atoms with Crippen LogP contribution in [0.4, 0.5) is 0 Å².